The molecule has 0 spiro atoms. The van der Waals surface area contributed by atoms with Gasteiger partial charge in [0.05, 0.1) is 0 Å². The van der Waals surface area contributed by atoms with Crippen LogP contribution in [0.3, 0.4) is 0 Å². The highest BCUT2D eigenvalue weighted by atomic mass is 16.2. The van der Waals surface area contributed by atoms with Gasteiger partial charge in [-0.2, -0.15) is 0 Å². The number of ketones is 1. The van der Waals surface area contributed by atoms with Crippen LogP contribution in [-0.2, 0) is 9.59 Å². The number of allylic oxidation sites excluding steroid dienone is 4. The molecule has 1 saturated heterocycles. The molecule has 1 unspecified atom stereocenters. The lowest BCUT2D eigenvalue weighted by molar-refractivity contribution is -0.121. The lowest BCUT2D eigenvalue weighted by Gasteiger charge is -2.31. The van der Waals surface area contributed by atoms with Gasteiger partial charge in [-0.25, -0.2) is 0 Å². The van der Waals surface area contributed by atoms with E-state index in [1.807, 2.05) is 73.4 Å². The Hall–Kier alpha value is -3.38. The van der Waals surface area contributed by atoms with Crippen molar-refractivity contribution in [2.75, 3.05) is 11.4 Å². The summed E-state index contributed by atoms with van der Waals surface area (Å²) < 4.78 is 0. The fraction of sp³-hybridized carbons (Fsp3) is 0.355. The third-order valence-electron chi connectivity index (χ3n) is 7.43. The van der Waals surface area contributed by atoms with E-state index < -0.39 is 0 Å². The first-order chi connectivity index (χ1) is 16.5. The maximum atomic E-state index is 13.0. The maximum absolute atomic E-state index is 13.0. The average molecular weight is 452 g/mol. The second kappa shape index (κ2) is 10.7. The second-order valence-corrected chi connectivity index (χ2v) is 9.59. The number of carbonyl (C=O) groups is 2. The zero-order valence-electron chi connectivity index (χ0n) is 20.2. The molecule has 3 heteroatoms. The van der Waals surface area contributed by atoms with E-state index in [4.69, 9.17) is 6.42 Å². The van der Waals surface area contributed by atoms with Crippen molar-refractivity contribution in [3.63, 3.8) is 0 Å². The number of amides is 1. The molecule has 1 heterocycles. The fourth-order valence-electron chi connectivity index (χ4n) is 5.41. The van der Waals surface area contributed by atoms with Crippen LogP contribution in [0.15, 0.2) is 72.3 Å². The number of nitrogens with zero attached hydrogens (tertiary/aromatic N) is 1. The fourth-order valence-corrected chi connectivity index (χ4v) is 5.41. The largest absolute Gasteiger partial charge is 0.312 e. The van der Waals surface area contributed by atoms with Crippen LogP contribution in [0.2, 0.25) is 0 Å². The maximum Gasteiger partial charge on any atom is 0.227 e. The summed E-state index contributed by atoms with van der Waals surface area (Å²) in [4.78, 5) is 27.6. The average Bonchev–Trinajstić information content (AvgIpc) is 3.28. The Balaban J connectivity index is 1.39. The van der Waals surface area contributed by atoms with Gasteiger partial charge in [0.1, 0.15) is 0 Å². The van der Waals surface area contributed by atoms with Gasteiger partial charge < -0.3 is 4.90 Å². The molecule has 0 aromatic heterocycles. The Morgan fingerprint density at radius 3 is 2.44 bits per heavy atom. The predicted octanol–water partition coefficient (Wildman–Crippen LogP) is 6.59. The van der Waals surface area contributed by atoms with Crippen LogP contribution in [0.25, 0.3) is 11.1 Å². The van der Waals surface area contributed by atoms with Crippen molar-refractivity contribution in [1.82, 2.24) is 0 Å². The van der Waals surface area contributed by atoms with Gasteiger partial charge >= 0.3 is 0 Å². The first-order valence-corrected chi connectivity index (χ1v) is 12.3. The molecule has 2 aliphatic rings. The number of hydrogen-bond donors (Lipinski definition) is 0. The molecule has 1 amide bonds. The number of hydrogen-bond acceptors (Lipinski definition) is 2. The van der Waals surface area contributed by atoms with Crippen LogP contribution in [0.1, 0.15) is 51.5 Å². The predicted molar refractivity (Wildman–Crippen MR) is 139 cm³/mol. The van der Waals surface area contributed by atoms with Crippen molar-refractivity contribution in [2.45, 2.75) is 46.0 Å². The smallest absolute Gasteiger partial charge is 0.227 e. The lowest BCUT2D eigenvalue weighted by Crippen LogP contribution is -2.29. The monoisotopic (exact) mass is 451 g/mol. The molecule has 0 radical (unpaired) electrons. The molecule has 2 aromatic carbocycles. The van der Waals surface area contributed by atoms with Gasteiger partial charge in [0.15, 0.2) is 5.78 Å². The molecule has 1 atom stereocenters. The van der Waals surface area contributed by atoms with Crippen molar-refractivity contribution < 1.29 is 9.59 Å². The van der Waals surface area contributed by atoms with E-state index in [1.54, 1.807) is 0 Å². The summed E-state index contributed by atoms with van der Waals surface area (Å²) in [5, 5.41) is 0. The van der Waals surface area contributed by atoms with Crippen LogP contribution in [0, 0.1) is 30.1 Å². The minimum absolute atomic E-state index is 0.128. The molecule has 34 heavy (non-hydrogen) atoms. The van der Waals surface area contributed by atoms with E-state index in [0.29, 0.717) is 18.3 Å². The SMILES string of the molecule is C#Cc1ccc(-c2cccc(N3CC(C4CCC(C(=O)C(C)=CC=CC)CC4)CC3=O)c2)cc1. The van der Waals surface area contributed by atoms with Crippen LogP contribution in [-0.4, -0.2) is 18.2 Å². The van der Waals surface area contributed by atoms with E-state index in [2.05, 4.69) is 18.1 Å². The highest BCUT2D eigenvalue weighted by molar-refractivity contribution is 5.97. The number of benzene rings is 2. The highest BCUT2D eigenvalue weighted by Crippen LogP contribution is 2.40. The summed E-state index contributed by atoms with van der Waals surface area (Å²) in [6.45, 7) is 4.64. The Kier molecular flexibility index (Phi) is 7.48. The molecule has 1 aliphatic heterocycles. The van der Waals surface area contributed by atoms with Gasteiger partial charge in [-0.05, 0) is 92.3 Å². The standard InChI is InChI=1S/C31H33NO2/c1-4-6-8-22(3)31(34)26-17-15-25(16-18-26)28-20-30(33)32(21-28)29-10-7-9-27(19-29)24-13-11-23(5-2)12-14-24/h2,4,6-14,19,25-26,28H,15-18,20-21H2,1,3H3. The molecule has 174 valence electrons. The third kappa shape index (κ3) is 5.23. The van der Waals surface area contributed by atoms with Crippen molar-refractivity contribution in [1.29, 1.82) is 0 Å². The number of carbonyl (C=O) groups excluding carboxylic acids is 2. The van der Waals surface area contributed by atoms with Gasteiger partial charge in [-0.3, -0.25) is 9.59 Å². The van der Waals surface area contributed by atoms with Crippen molar-refractivity contribution >= 4 is 17.4 Å². The Labute approximate surface area is 203 Å². The summed E-state index contributed by atoms with van der Waals surface area (Å²) in [6.07, 6.45) is 15.8. The van der Waals surface area contributed by atoms with E-state index in [-0.39, 0.29) is 17.6 Å². The minimum Gasteiger partial charge on any atom is -0.312 e. The molecule has 1 saturated carbocycles. The van der Waals surface area contributed by atoms with Crippen LogP contribution >= 0.6 is 0 Å². The van der Waals surface area contributed by atoms with Crippen molar-refractivity contribution in [2.24, 2.45) is 17.8 Å². The summed E-state index contributed by atoms with van der Waals surface area (Å²) in [5.74, 6) is 4.14. The first-order valence-electron chi connectivity index (χ1n) is 12.3. The molecular formula is C31H33NO2. The van der Waals surface area contributed by atoms with Gasteiger partial charge in [0, 0.05) is 30.1 Å². The normalized spacial score (nSPS) is 23.3. The van der Waals surface area contributed by atoms with Crippen LogP contribution in [0.5, 0.6) is 0 Å². The Morgan fingerprint density at radius 1 is 1.03 bits per heavy atom. The molecule has 1 aliphatic carbocycles. The number of Topliss-reactive ketones (excluding diaryl/α,β-unsaturated/α-hetero) is 1. The number of terminal acetylenes is 1. The molecule has 0 N–H and O–H groups in total. The van der Waals surface area contributed by atoms with Gasteiger partial charge in [-0.15, -0.1) is 6.42 Å². The van der Waals surface area contributed by atoms with Gasteiger partial charge in [0.2, 0.25) is 5.91 Å². The quantitative estimate of drug-likeness (QED) is 0.282. The summed E-state index contributed by atoms with van der Waals surface area (Å²) in [5.41, 5.74) is 4.83. The molecule has 2 fully saturated rings. The Morgan fingerprint density at radius 2 is 1.76 bits per heavy atom. The summed E-state index contributed by atoms with van der Waals surface area (Å²) in [6, 6.07) is 16.1. The summed E-state index contributed by atoms with van der Waals surface area (Å²) >= 11 is 0. The summed E-state index contributed by atoms with van der Waals surface area (Å²) in [7, 11) is 0. The molecule has 0 bridgehead atoms. The first kappa shape index (κ1) is 23.8. The van der Waals surface area contributed by atoms with E-state index >= 15 is 0 Å². The van der Waals surface area contributed by atoms with Crippen molar-refractivity contribution in [3.05, 3.63) is 77.9 Å². The Bertz CT molecular complexity index is 1140. The molecular weight excluding hydrogens is 418 g/mol. The minimum atomic E-state index is 0.128. The third-order valence-corrected chi connectivity index (χ3v) is 7.43. The number of anilines is 1. The number of rotatable bonds is 6. The molecule has 4 rings (SSSR count). The van der Waals surface area contributed by atoms with E-state index in [9.17, 15) is 9.59 Å². The highest BCUT2D eigenvalue weighted by Gasteiger charge is 2.38. The van der Waals surface area contributed by atoms with E-state index in [1.165, 1.54) is 0 Å². The topological polar surface area (TPSA) is 37.4 Å². The zero-order valence-corrected chi connectivity index (χ0v) is 20.2. The van der Waals surface area contributed by atoms with Gasteiger partial charge in [-0.1, -0.05) is 48.4 Å². The van der Waals surface area contributed by atoms with Crippen LogP contribution < -0.4 is 4.90 Å². The van der Waals surface area contributed by atoms with Crippen LogP contribution in [0.4, 0.5) is 5.69 Å². The zero-order chi connectivity index (χ0) is 24.1. The lowest BCUT2D eigenvalue weighted by atomic mass is 9.73. The molecule has 2 aromatic rings. The van der Waals surface area contributed by atoms with E-state index in [0.717, 1.165) is 60.2 Å². The van der Waals surface area contributed by atoms with Crippen molar-refractivity contribution in [3.8, 4) is 23.5 Å². The molecule has 3 nitrogen and oxygen atoms in total. The van der Waals surface area contributed by atoms with Gasteiger partial charge in [0.25, 0.3) is 0 Å². The second-order valence-electron chi connectivity index (χ2n) is 9.59.